The minimum atomic E-state index is -1.96. The SMILES string of the molecule is CC(C)c1ccc(C=Cc2ccc(-c3nc(C(Cl)(Cl)Cl)nc(C(Cl)(Cl)Cl)n3)cc2)cc1.COc1ccccc1/C=C/c1nnc(C(Cl)(Cl)Cl)o1.ClC(Cl)(Cl)c1nc(-c2ccc3c(c2)OCO3)nc(C(Cl)(Cl)Cl)n1.ClC(Cl)(Cl)c1nnc(/C=C/c2ccc3c(c2)OCO3)o1.ClC(Cl)(Cl)c1nnc(/C=C/c2ccccc2)o1.O=C(Nc1ccc(-c2nc(C(Cl)(Cl)Cl)nc(C(Cl)(Cl)Cl)n2)cc1)c1ccc(O)cc1. The molecule has 14 aromatic rings. The molecule has 140 heavy (non-hydrogen) atoms. The van der Waals surface area contributed by atoms with E-state index in [1.54, 1.807) is 80.0 Å². The van der Waals surface area contributed by atoms with Gasteiger partial charge >= 0.3 is 0 Å². The molecule has 8 aromatic carbocycles. The Morgan fingerprint density at radius 1 is 0.336 bits per heavy atom. The number of aromatic hydroxyl groups is 1. The van der Waals surface area contributed by atoms with E-state index in [1.165, 1.54) is 29.8 Å². The van der Waals surface area contributed by atoms with Gasteiger partial charge in [-0.25, -0.2) is 44.9 Å². The zero-order chi connectivity index (χ0) is 102. The molecule has 2 aliphatic rings. The second kappa shape index (κ2) is 49.6. The van der Waals surface area contributed by atoms with Gasteiger partial charge in [0.2, 0.25) is 54.0 Å². The van der Waals surface area contributed by atoms with Crippen LogP contribution in [-0.2, 0) is 34.1 Å². The van der Waals surface area contributed by atoms with Crippen molar-refractivity contribution in [3.8, 4) is 68.7 Å². The van der Waals surface area contributed by atoms with E-state index in [9.17, 15) is 9.90 Å². The summed E-state index contributed by atoms with van der Waals surface area (Å²) >= 11 is 156. The van der Waals surface area contributed by atoms with Gasteiger partial charge in [-0.15, -0.1) is 30.6 Å². The fourth-order valence-electron chi connectivity index (χ4n) is 10.9. The van der Waals surface area contributed by atoms with Gasteiger partial charge in [-0.1, -0.05) is 442 Å². The Hall–Kier alpha value is -6.73. The number of anilines is 1. The summed E-state index contributed by atoms with van der Waals surface area (Å²) in [5.41, 5.74) is 8.81. The molecule has 0 aliphatic carbocycles. The van der Waals surface area contributed by atoms with Crippen molar-refractivity contribution in [3.63, 3.8) is 0 Å². The molecule has 2 N–H and O–H groups in total. The summed E-state index contributed by atoms with van der Waals surface area (Å²) in [7, 11) is 1.60. The van der Waals surface area contributed by atoms with Gasteiger partial charge in [0.25, 0.3) is 35.0 Å². The number of ether oxygens (including phenoxy) is 5. The van der Waals surface area contributed by atoms with E-state index in [2.05, 4.69) is 119 Å². The molecule has 0 spiro atoms. The van der Waals surface area contributed by atoms with Crippen molar-refractivity contribution in [2.24, 2.45) is 0 Å². The summed E-state index contributed by atoms with van der Waals surface area (Å²) in [4.78, 5) is 49.0. The lowest BCUT2D eigenvalue weighted by Gasteiger charge is -2.15. The predicted molar refractivity (Wildman–Crippen MR) is 562 cm³/mol. The third-order valence-corrected chi connectivity index (χ3v) is 22.0. The first kappa shape index (κ1) is 114. The second-order valence-electron chi connectivity index (χ2n) is 27.9. The zero-order valence-electron chi connectivity index (χ0n) is 70.0. The van der Waals surface area contributed by atoms with Gasteiger partial charge in [0.15, 0.2) is 75.4 Å². The van der Waals surface area contributed by atoms with Gasteiger partial charge in [-0.3, -0.25) is 4.79 Å². The third-order valence-electron chi connectivity index (χ3n) is 17.5. The molecule has 2 aliphatic heterocycles. The third kappa shape index (κ3) is 34.7. The molecule has 0 atom stereocenters. The van der Waals surface area contributed by atoms with E-state index in [4.69, 9.17) is 350 Å². The number of carbonyl (C=O) groups is 1. The van der Waals surface area contributed by atoms with Crippen molar-refractivity contribution >= 4 is 373 Å². The summed E-state index contributed by atoms with van der Waals surface area (Å²) in [5, 5.41) is 34.2. The topological polar surface area (TPSA) is 328 Å². The quantitative estimate of drug-likeness (QED) is 0.0711. The molecule has 0 saturated carbocycles. The summed E-state index contributed by atoms with van der Waals surface area (Å²) < 4.78 is 25.2. The summed E-state index contributed by atoms with van der Waals surface area (Å²) in [6.07, 6.45) is 14.3. The number of para-hydroxylation sites is 1. The average Bonchev–Trinajstić information content (AvgIpc) is 1.66. The number of rotatable bonds is 15. The van der Waals surface area contributed by atoms with Crippen LogP contribution in [0.4, 0.5) is 5.69 Å². The van der Waals surface area contributed by atoms with Crippen LogP contribution in [0.25, 0.3) is 82.8 Å². The van der Waals surface area contributed by atoms with Crippen LogP contribution in [0.3, 0.4) is 0 Å². The number of nitrogens with zero attached hydrogens (tertiary/aromatic N) is 15. The molecule has 0 saturated heterocycles. The number of hydrogen-bond acceptors (Lipinski definition) is 25. The van der Waals surface area contributed by atoms with Gasteiger partial charge in [0.1, 0.15) is 11.5 Å². The van der Waals surface area contributed by atoms with Crippen LogP contribution in [0.1, 0.15) is 134 Å². The van der Waals surface area contributed by atoms with Gasteiger partial charge < -0.3 is 47.4 Å². The van der Waals surface area contributed by atoms with E-state index < -0.39 is 34.1 Å². The Morgan fingerprint density at radius 3 is 1.06 bits per heavy atom. The molecular formula is C87H55Cl27N16O10. The summed E-state index contributed by atoms with van der Waals surface area (Å²) in [6, 6.07) is 56.1. The first-order valence-electron chi connectivity index (χ1n) is 38.6. The number of phenolic OH excluding ortho intramolecular Hbond substituents is 1. The number of carbonyl (C=O) groups excluding carboxylic acids is 1. The predicted octanol–water partition coefficient (Wildman–Crippen LogP) is 31.5. The lowest BCUT2D eigenvalue weighted by atomic mass is 10.0. The smallest absolute Gasteiger partial charge is 0.268 e. The molecule has 16 rings (SSSR count). The number of nitrogens with one attached hydrogen (secondary N) is 1. The molecule has 8 heterocycles. The molecule has 6 aromatic heterocycles. The molecule has 0 fully saturated rings. The highest BCUT2D eigenvalue weighted by atomic mass is 35.6. The largest absolute Gasteiger partial charge is 0.508 e. The van der Waals surface area contributed by atoms with Crippen LogP contribution in [0.5, 0.6) is 34.5 Å². The van der Waals surface area contributed by atoms with Gasteiger partial charge in [0.05, 0.1) is 7.11 Å². The van der Waals surface area contributed by atoms with Crippen LogP contribution in [0.15, 0.2) is 201 Å². The number of methoxy groups -OCH3 is 1. The molecule has 0 bridgehead atoms. The first-order chi connectivity index (χ1) is 65.6. The number of alkyl halides is 27. The van der Waals surface area contributed by atoms with Crippen LogP contribution >= 0.6 is 313 Å². The Balaban J connectivity index is 0.000000163. The minimum Gasteiger partial charge on any atom is -0.508 e. The van der Waals surface area contributed by atoms with Crippen molar-refractivity contribution in [3.05, 3.63) is 297 Å². The molecular weight excluding hydrogens is 2390 g/mol. The summed E-state index contributed by atoms with van der Waals surface area (Å²) in [6.45, 7) is 4.71. The van der Waals surface area contributed by atoms with Gasteiger partial charge in [-0.2, -0.15) is 0 Å². The molecule has 732 valence electrons. The van der Waals surface area contributed by atoms with E-state index in [-0.39, 0.29) is 113 Å². The Morgan fingerprint density at radius 2 is 0.664 bits per heavy atom. The molecule has 53 heteroatoms. The Bertz CT molecular complexity index is 6610. The van der Waals surface area contributed by atoms with E-state index in [1.807, 2.05) is 115 Å². The van der Waals surface area contributed by atoms with E-state index in [0.717, 1.165) is 39.3 Å². The Labute approximate surface area is 931 Å². The molecule has 0 radical (unpaired) electrons. The van der Waals surface area contributed by atoms with Crippen LogP contribution in [0, 0.1) is 0 Å². The fourth-order valence-corrected chi connectivity index (χ4v) is 13.1. The number of fused-ring (bicyclic) bond motifs is 2. The average molecular weight is 2440 g/mol. The van der Waals surface area contributed by atoms with Gasteiger partial charge in [0, 0.05) is 51.7 Å². The maximum absolute atomic E-state index is 12.3. The van der Waals surface area contributed by atoms with Gasteiger partial charge in [-0.05, 0) is 137 Å². The van der Waals surface area contributed by atoms with E-state index >= 15 is 0 Å². The maximum atomic E-state index is 12.3. The Kier molecular flexibility index (Phi) is 40.3. The lowest BCUT2D eigenvalue weighted by Crippen LogP contribution is -2.16. The lowest BCUT2D eigenvalue weighted by molar-refractivity contribution is 0.102. The standard InChI is InChI=1S/C22H17Cl6N3.C18H10Cl6N4O2.C12H5Cl6N3O2.C12H7Cl3N2O3.C12H9Cl3N2O2.C11H7Cl3N2O/c1-13(2)16-9-5-14(6-10-16)3-4-15-7-11-17(12-8-15)18-29-19(21(23,24)25)31-20(30-18)22(26,27)28;19-17(20,21)15-26-13(27-16(28-15)18(22,23)24)9-1-5-11(6-2-9)25-14(30)10-3-7-12(29)8-4-10;13-11(14,15)9-19-8(20-10(21-9)12(16,17)18)5-1-2-6-7(3-5)23-4-22-6;13-12(14,15)11-17-16-10(20-11)4-2-7-1-3-8-9(5-7)19-6-18-8;1-18-9-5-3-2-4-8(9)6-7-10-16-17-11(19-10)12(13,14)15;12-11(13,14)10-16-15-9(17-10)7-6-8-4-2-1-3-5-8/h3-13H,1-2H3;1-8,29H,(H,25,30);1-3H,4H2;1-5H,6H2;2-7H,1H3;1-7H/b;;;4-2+;2*7-6+. The number of hydrogen-bond donors (Lipinski definition) is 2. The van der Waals surface area contributed by atoms with E-state index in [0.29, 0.717) is 51.1 Å². The van der Waals surface area contributed by atoms with Crippen LogP contribution in [-0.4, -0.2) is 107 Å². The van der Waals surface area contributed by atoms with Crippen molar-refractivity contribution in [1.82, 2.24) is 75.4 Å². The maximum Gasteiger partial charge on any atom is 0.268 e. The normalized spacial score (nSPS) is 12.8. The number of benzene rings is 8. The number of amides is 1. The van der Waals surface area contributed by atoms with Crippen LogP contribution < -0.4 is 29.0 Å². The van der Waals surface area contributed by atoms with Crippen molar-refractivity contribution in [2.75, 3.05) is 26.0 Å². The minimum absolute atomic E-state index is 0.0461. The molecule has 0 unspecified atom stereocenters. The zero-order valence-corrected chi connectivity index (χ0v) is 90.5. The fraction of sp³-hybridized carbons (Fsp3) is 0.172. The number of halogens is 27. The highest BCUT2D eigenvalue weighted by Gasteiger charge is 2.39. The summed E-state index contributed by atoms with van der Waals surface area (Å²) in [5.74, 6) is 3.62. The van der Waals surface area contributed by atoms with Crippen molar-refractivity contribution in [2.45, 2.75) is 53.9 Å². The monoisotopic (exact) mass is 2430 g/mol. The highest BCUT2D eigenvalue weighted by molar-refractivity contribution is 6.70. The first-order valence-corrected chi connectivity index (χ1v) is 48.8. The van der Waals surface area contributed by atoms with Crippen molar-refractivity contribution < 1.29 is 46.8 Å². The second-order valence-corrected chi connectivity index (χ2v) is 48.5. The number of aromatic nitrogens is 15. The van der Waals surface area contributed by atoms with Crippen molar-refractivity contribution in [1.29, 1.82) is 0 Å². The highest BCUT2D eigenvalue weighted by Crippen LogP contribution is 2.47. The molecule has 26 nitrogen and oxygen atoms in total. The molecule has 1 amide bonds. The number of phenols is 1. The van der Waals surface area contributed by atoms with Crippen LogP contribution in [0.2, 0.25) is 0 Å².